The second-order valence-corrected chi connectivity index (χ2v) is 5.28. The van der Waals surface area contributed by atoms with Crippen molar-refractivity contribution in [3.05, 3.63) is 42.2 Å². The number of imidazole rings is 1. The summed E-state index contributed by atoms with van der Waals surface area (Å²) in [5.74, 6) is 0.193. The molecule has 0 aliphatic carbocycles. The molecular formula is C16H16FN3O. The summed E-state index contributed by atoms with van der Waals surface area (Å²) in [6.07, 6.45) is 0. The number of nitrogens with zero attached hydrogens (tertiary/aromatic N) is 2. The van der Waals surface area contributed by atoms with Crippen molar-refractivity contribution in [2.45, 2.75) is 19.9 Å². The van der Waals surface area contributed by atoms with Gasteiger partial charge in [-0.3, -0.25) is 0 Å². The lowest BCUT2D eigenvalue weighted by Gasteiger charge is -2.14. The molecule has 0 atom stereocenters. The van der Waals surface area contributed by atoms with E-state index in [-0.39, 0.29) is 17.6 Å². The molecule has 1 aromatic heterocycles. The summed E-state index contributed by atoms with van der Waals surface area (Å²) in [6, 6.07) is 9.79. The number of anilines is 1. The van der Waals surface area contributed by atoms with E-state index in [0.717, 1.165) is 0 Å². The zero-order valence-electron chi connectivity index (χ0n) is 11.8. The molecule has 0 unspecified atom stereocenters. The number of aromatic nitrogens is 2. The predicted molar refractivity (Wildman–Crippen MR) is 81.6 cm³/mol. The van der Waals surface area contributed by atoms with Gasteiger partial charge in [-0.1, -0.05) is 6.07 Å². The van der Waals surface area contributed by atoms with Crippen LogP contribution in [0.15, 0.2) is 36.4 Å². The summed E-state index contributed by atoms with van der Waals surface area (Å²) >= 11 is 0. The van der Waals surface area contributed by atoms with E-state index in [9.17, 15) is 9.50 Å². The predicted octanol–water partition coefficient (Wildman–Crippen LogP) is 3.71. The van der Waals surface area contributed by atoms with E-state index >= 15 is 0 Å². The van der Waals surface area contributed by atoms with Crippen LogP contribution in [0.2, 0.25) is 0 Å². The minimum atomic E-state index is -0.372. The minimum Gasteiger partial charge on any atom is -0.507 e. The Bertz CT molecular complexity index is 824. The van der Waals surface area contributed by atoms with Crippen molar-refractivity contribution < 1.29 is 9.50 Å². The van der Waals surface area contributed by atoms with Gasteiger partial charge in [0.15, 0.2) is 5.82 Å². The molecule has 2 aromatic carbocycles. The number of nitrogens with two attached hydrogens (primary N) is 1. The first-order valence-corrected chi connectivity index (χ1v) is 6.74. The Morgan fingerprint density at radius 3 is 2.67 bits per heavy atom. The Balaban J connectivity index is 2.36. The van der Waals surface area contributed by atoms with E-state index in [0.29, 0.717) is 28.1 Å². The molecule has 3 aromatic rings. The fraction of sp³-hybridized carbons (Fsp3) is 0.188. The van der Waals surface area contributed by atoms with Crippen molar-refractivity contribution in [2.75, 3.05) is 5.73 Å². The maximum atomic E-state index is 14.0. The summed E-state index contributed by atoms with van der Waals surface area (Å²) < 4.78 is 15.9. The van der Waals surface area contributed by atoms with E-state index in [1.54, 1.807) is 18.2 Å². The maximum absolute atomic E-state index is 14.0. The van der Waals surface area contributed by atoms with Gasteiger partial charge >= 0.3 is 0 Å². The zero-order chi connectivity index (χ0) is 15.1. The Morgan fingerprint density at radius 1 is 1.24 bits per heavy atom. The lowest BCUT2D eigenvalue weighted by Crippen LogP contribution is -2.03. The molecule has 0 fully saturated rings. The van der Waals surface area contributed by atoms with E-state index in [1.807, 2.05) is 24.5 Å². The number of aromatic hydroxyl groups is 1. The highest BCUT2D eigenvalue weighted by Gasteiger charge is 2.19. The molecule has 0 aliphatic rings. The van der Waals surface area contributed by atoms with Gasteiger partial charge in [0, 0.05) is 17.8 Å². The first-order valence-electron chi connectivity index (χ1n) is 6.74. The molecule has 0 saturated carbocycles. The van der Waals surface area contributed by atoms with Gasteiger partial charge in [0.2, 0.25) is 0 Å². The molecule has 3 rings (SSSR count). The van der Waals surface area contributed by atoms with Crippen molar-refractivity contribution in [1.82, 2.24) is 9.55 Å². The smallest absolute Gasteiger partial charge is 0.151 e. The quantitative estimate of drug-likeness (QED) is 0.705. The number of fused-ring (bicyclic) bond motifs is 1. The highest BCUT2D eigenvalue weighted by atomic mass is 19.1. The molecule has 0 radical (unpaired) electrons. The van der Waals surface area contributed by atoms with Gasteiger partial charge in [-0.25, -0.2) is 9.37 Å². The van der Waals surface area contributed by atoms with E-state index < -0.39 is 0 Å². The van der Waals surface area contributed by atoms with Crippen LogP contribution in [0.3, 0.4) is 0 Å². The van der Waals surface area contributed by atoms with Crippen molar-refractivity contribution >= 4 is 16.7 Å². The standard InChI is InChI=1S/C16H16FN3O/c1-9(2)20-13-5-3-4-12(17)15(13)19-16(20)11-7-6-10(18)8-14(11)21/h3-9,21H,18H2,1-2H3. The monoisotopic (exact) mass is 285 g/mol. The van der Waals surface area contributed by atoms with Crippen LogP contribution in [0.25, 0.3) is 22.4 Å². The first kappa shape index (κ1) is 13.4. The van der Waals surface area contributed by atoms with E-state index in [1.165, 1.54) is 12.1 Å². The molecule has 108 valence electrons. The van der Waals surface area contributed by atoms with Gasteiger partial charge in [-0.2, -0.15) is 0 Å². The van der Waals surface area contributed by atoms with Crippen LogP contribution in [0.4, 0.5) is 10.1 Å². The molecule has 0 amide bonds. The van der Waals surface area contributed by atoms with Crippen LogP contribution < -0.4 is 5.73 Å². The number of phenolic OH excluding ortho intramolecular Hbond substituents is 1. The van der Waals surface area contributed by atoms with Crippen LogP contribution in [-0.2, 0) is 0 Å². The van der Waals surface area contributed by atoms with Crippen molar-refractivity contribution in [1.29, 1.82) is 0 Å². The van der Waals surface area contributed by atoms with Gasteiger partial charge in [0.1, 0.15) is 17.1 Å². The van der Waals surface area contributed by atoms with Crippen LogP contribution in [0, 0.1) is 5.82 Å². The highest BCUT2D eigenvalue weighted by molar-refractivity contribution is 5.83. The number of phenols is 1. The van der Waals surface area contributed by atoms with Crippen LogP contribution >= 0.6 is 0 Å². The molecule has 5 heteroatoms. The number of rotatable bonds is 2. The number of nitrogen functional groups attached to an aromatic ring is 1. The Kier molecular flexibility index (Phi) is 3.05. The summed E-state index contributed by atoms with van der Waals surface area (Å²) in [5.41, 5.74) is 7.67. The molecule has 0 bridgehead atoms. The van der Waals surface area contributed by atoms with Gasteiger partial charge < -0.3 is 15.4 Å². The van der Waals surface area contributed by atoms with Crippen LogP contribution in [0.5, 0.6) is 5.75 Å². The first-order chi connectivity index (χ1) is 9.99. The Labute approximate surface area is 121 Å². The summed E-state index contributed by atoms with van der Waals surface area (Å²) in [5, 5.41) is 10.1. The second-order valence-electron chi connectivity index (χ2n) is 5.28. The van der Waals surface area contributed by atoms with E-state index in [4.69, 9.17) is 5.73 Å². The fourth-order valence-electron chi connectivity index (χ4n) is 2.53. The molecule has 4 nitrogen and oxygen atoms in total. The highest BCUT2D eigenvalue weighted by Crippen LogP contribution is 2.35. The Hall–Kier alpha value is -2.56. The van der Waals surface area contributed by atoms with Crippen molar-refractivity contribution in [3.63, 3.8) is 0 Å². The van der Waals surface area contributed by atoms with E-state index in [2.05, 4.69) is 4.98 Å². The topological polar surface area (TPSA) is 64.1 Å². The van der Waals surface area contributed by atoms with Crippen molar-refractivity contribution in [2.24, 2.45) is 0 Å². The normalized spacial score (nSPS) is 11.4. The third-order valence-electron chi connectivity index (χ3n) is 3.45. The molecule has 21 heavy (non-hydrogen) atoms. The average Bonchev–Trinajstić information content (AvgIpc) is 2.79. The summed E-state index contributed by atoms with van der Waals surface area (Å²) in [6.45, 7) is 3.98. The van der Waals surface area contributed by atoms with Crippen LogP contribution in [-0.4, -0.2) is 14.7 Å². The number of benzene rings is 2. The molecular weight excluding hydrogens is 269 g/mol. The van der Waals surface area contributed by atoms with Gasteiger partial charge in [0.05, 0.1) is 11.1 Å². The van der Waals surface area contributed by atoms with Gasteiger partial charge in [0.25, 0.3) is 0 Å². The lowest BCUT2D eigenvalue weighted by atomic mass is 10.1. The molecule has 1 heterocycles. The van der Waals surface area contributed by atoms with Crippen molar-refractivity contribution in [3.8, 4) is 17.1 Å². The average molecular weight is 285 g/mol. The lowest BCUT2D eigenvalue weighted by molar-refractivity contribution is 0.476. The second kappa shape index (κ2) is 4.77. The molecule has 3 N–H and O–H groups in total. The van der Waals surface area contributed by atoms with Crippen LogP contribution in [0.1, 0.15) is 19.9 Å². The fourth-order valence-corrected chi connectivity index (χ4v) is 2.53. The summed E-state index contributed by atoms with van der Waals surface area (Å²) in [4.78, 5) is 4.38. The third kappa shape index (κ3) is 2.11. The third-order valence-corrected chi connectivity index (χ3v) is 3.45. The molecule has 0 aliphatic heterocycles. The molecule has 0 saturated heterocycles. The zero-order valence-corrected chi connectivity index (χ0v) is 11.8. The maximum Gasteiger partial charge on any atom is 0.151 e. The number of para-hydroxylation sites is 1. The van der Waals surface area contributed by atoms with Gasteiger partial charge in [-0.05, 0) is 38.1 Å². The summed E-state index contributed by atoms with van der Waals surface area (Å²) in [7, 11) is 0. The minimum absolute atomic E-state index is 0.0348. The number of hydrogen-bond donors (Lipinski definition) is 2. The number of hydrogen-bond acceptors (Lipinski definition) is 3. The Morgan fingerprint density at radius 2 is 2.00 bits per heavy atom. The molecule has 0 spiro atoms. The number of halogens is 1. The largest absolute Gasteiger partial charge is 0.507 e. The SMILES string of the molecule is CC(C)n1c(-c2ccc(N)cc2O)nc2c(F)cccc21. The van der Waals surface area contributed by atoms with Gasteiger partial charge in [-0.15, -0.1) is 0 Å².